The summed E-state index contributed by atoms with van der Waals surface area (Å²) < 4.78 is 0.372. The van der Waals surface area contributed by atoms with Gasteiger partial charge in [-0.25, -0.2) is 4.90 Å². The number of anilines is 1. The van der Waals surface area contributed by atoms with Crippen LogP contribution in [0.2, 0.25) is 0 Å². The van der Waals surface area contributed by atoms with Crippen LogP contribution in [-0.4, -0.2) is 43.8 Å². The first-order valence-corrected chi connectivity index (χ1v) is 7.40. The van der Waals surface area contributed by atoms with Crippen LogP contribution >= 0.6 is 23.1 Å². The molecular formula is C11H6N4O4S2. The maximum Gasteiger partial charge on any atom is 0.313 e. The third-order valence-electron chi connectivity index (χ3n) is 2.55. The number of pyridine rings is 1. The van der Waals surface area contributed by atoms with Crippen LogP contribution in [0, 0.1) is 0 Å². The molecular weight excluding hydrogens is 316 g/mol. The number of amides is 2. The molecule has 0 radical (unpaired) electrons. The maximum absolute atomic E-state index is 12.2. The lowest BCUT2D eigenvalue weighted by Gasteiger charge is -2.07. The Balaban J connectivity index is 1.87. The van der Waals surface area contributed by atoms with Gasteiger partial charge in [-0.15, -0.1) is 10.2 Å². The first-order valence-electron chi connectivity index (χ1n) is 5.60. The van der Waals surface area contributed by atoms with E-state index in [1.54, 1.807) is 6.07 Å². The average Bonchev–Trinajstić information content (AvgIpc) is 3.02. The number of nitrogens with zero attached hydrogens (tertiary/aromatic N) is 4. The molecule has 0 aromatic carbocycles. The Morgan fingerprint density at radius 2 is 2.14 bits per heavy atom. The van der Waals surface area contributed by atoms with Crippen molar-refractivity contribution in [3.8, 4) is 0 Å². The number of fused-ring (bicyclic) bond motifs is 1. The highest BCUT2D eigenvalue weighted by molar-refractivity contribution is 8.01. The third-order valence-corrected chi connectivity index (χ3v) is 4.58. The first kappa shape index (κ1) is 13.6. The minimum absolute atomic E-state index is 0.0810. The van der Waals surface area contributed by atoms with Crippen LogP contribution in [-0.2, 0) is 4.79 Å². The summed E-state index contributed by atoms with van der Waals surface area (Å²) in [6.45, 7) is 0. The number of imide groups is 1. The van der Waals surface area contributed by atoms with Gasteiger partial charge in [-0.1, -0.05) is 23.1 Å². The molecule has 1 N–H and O–H groups in total. The summed E-state index contributed by atoms with van der Waals surface area (Å²) in [5.74, 6) is -2.21. The van der Waals surface area contributed by atoms with Gasteiger partial charge in [-0.05, 0) is 12.1 Å². The first-order chi connectivity index (χ1) is 10.1. The molecule has 0 aliphatic carbocycles. The van der Waals surface area contributed by atoms with E-state index in [4.69, 9.17) is 5.11 Å². The molecule has 0 saturated carbocycles. The van der Waals surface area contributed by atoms with Crippen molar-refractivity contribution in [3.05, 3.63) is 29.6 Å². The van der Waals surface area contributed by atoms with Gasteiger partial charge >= 0.3 is 5.97 Å². The SMILES string of the molecule is O=C(O)CSc1nnc(N2C(=O)c3cccnc3C2=O)s1. The van der Waals surface area contributed by atoms with Gasteiger partial charge in [-0.3, -0.25) is 19.4 Å². The molecule has 3 rings (SSSR count). The van der Waals surface area contributed by atoms with Gasteiger partial charge < -0.3 is 5.11 Å². The number of aliphatic carboxylic acids is 1. The zero-order valence-corrected chi connectivity index (χ0v) is 11.8. The van der Waals surface area contributed by atoms with Crippen molar-refractivity contribution in [2.75, 3.05) is 10.7 Å². The monoisotopic (exact) mass is 322 g/mol. The summed E-state index contributed by atoms with van der Waals surface area (Å²) >= 11 is 1.96. The highest BCUT2D eigenvalue weighted by Gasteiger charge is 2.39. The molecule has 1 aliphatic heterocycles. The summed E-state index contributed by atoms with van der Waals surface area (Å²) in [5.41, 5.74) is 0.301. The fourth-order valence-corrected chi connectivity index (χ4v) is 3.27. The second kappa shape index (κ2) is 5.22. The lowest BCUT2D eigenvalue weighted by Crippen LogP contribution is -2.29. The molecule has 3 heterocycles. The molecule has 0 spiro atoms. The normalized spacial score (nSPS) is 13.6. The van der Waals surface area contributed by atoms with Crippen LogP contribution in [0.1, 0.15) is 20.8 Å². The van der Waals surface area contributed by atoms with Gasteiger partial charge in [0.1, 0.15) is 5.69 Å². The molecule has 2 amide bonds. The second-order valence-electron chi connectivity index (χ2n) is 3.88. The Hall–Kier alpha value is -2.33. The number of carboxylic acids is 1. The maximum atomic E-state index is 12.2. The predicted molar refractivity (Wildman–Crippen MR) is 73.6 cm³/mol. The highest BCUT2D eigenvalue weighted by Crippen LogP contribution is 2.32. The Morgan fingerprint density at radius 3 is 2.86 bits per heavy atom. The minimum Gasteiger partial charge on any atom is -0.481 e. The standard InChI is InChI=1S/C11H6N4O4S2/c16-6(17)4-20-11-14-13-10(21-11)15-8(18)5-2-1-3-12-7(5)9(15)19/h1-3H,4H2,(H,16,17). The third kappa shape index (κ3) is 2.38. The van der Waals surface area contributed by atoms with Gasteiger partial charge in [0.25, 0.3) is 11.8 Å². The topological polar surface area (TPSA) is 113 Å². The molecule has 0 bridgehead atoms. The van der Waals surface area contributed by atoms with E-state index in [0.29, 0.717) is 4.34 Å². The molecule has 2 aromatic heterocycles. The molecule has 106 valence electrons. The zero-order valence-electron chi connectivity index (χ0n) is 10.2. The summed E-state index contributed by atoms with van der Waals surface area (Å²) in [4.78, 5) is 39.6. The van der Waals surface area contributed by atoms with Crippen LogP contribution in [0.5, 0.6) is 0 Å². The van der Waals surface area contributed by atoms with Gasteiger partial charge in [-0.2, -0.15) is 0 Å². The fourth-order valence-electron chi connectivity index (χ4n) is 1.72. The van der Waals surface area contributed by atoms with E-state index in [2.05, 4.69) is 15.2 Å². The molecule has 2 aromatic rings. The van der Waals surface area contributed by atoms with Crippen LogP contribution in [0.25, 0.3) is 0 Å². The fraction of sp³-hybridized carbons (Fsp3) is 0.0909. The van der Waals surface area contributed by atoms with E-state index in [0.717, 1.165) is 28.0 Å². The molecule has 0 saturated heterocycles. The van der Waals surface area contributed by atoms with Crippen LogP contribution in [0.3, 0.4) is 0 Å². The van der Waals surface area contributed by atoms with E-state index in [9.17, 15) is 14.4 Å². The molecule has 0 fully saturated rings. The average molecular weight is 322 g/mol. The highest BCUT2D eigenvalue weighted by atomic mass is 32.2. The second-order valence-corrected chi connectivity index (χ2v) is 6.06. The number of thioether (sulfide) groups is 1. The Labute approximate surface area is 125 Å². The van der Waals surface area contributed by atoms with Gasteiger partial charge in [0.2, 0.25) is 5.13 Å². The Bertz CT molecular complexity index is 725. The summed E-state index contributed by atoms with van der Waals surface area (Å²) in [7, 11) is 0. The molecule has 10 heteroatoms. The smallest absolute Gasteiger partial charge is 0.313 e. The number of carboxylic acid groups (broad SMARTS) is 1. The lowest BCUT2D eigenvalue weighted by molar-refractivity contribution is -0.133. The van der Waals surface area contributed by atoms with Crippen molar-refractivity contribution < 1.29 is 19.5 Å². The minimum atomic E-state index is -0.985. The quantitative estimate of drug-likeness (QED) is 0.502. The number of carbonyl (C=O) groups excluding carboxylic acids is 2. The van der Waals surface area contributed by atoms with Crippen LogP contribution < -0.4 is 4.90 Å². The van der Waals surface area contributed by atoms with E-state index in [1.807, 2.05) is 0 Å². The van der Waals surface area contributed by atoms with Crippen LogP contribution in [0.15, 0.2) is 22.7 Å². The van der Waals surface area contributed by atoms with Crippen molar-refractivity contribution >= 4 is 46.0 Å². The van der Waals surface area contributed by atoms with Gasteiger partial charge in [0.05, 0.1) is 11.3 Å². The predicted octanol–water partition coefficient (Wildman–Crippen LogP) is 0.910. The van der Waals surface area contributed by atoms with Crippen molar-refractivity contribution in [1.82, 2.24) is 15.2 Å². The Kier molecular flexibility index (Phi) is 3.39. The Morgan fingerprint density at radius 1 is 1.33 bits per heavy atom. The number of hydrogen-bond acceptors (Lipinski definition) is 8. The number of hydrogen-bond donors (Lipinski definition) is 1. The summed E-state index contributed by atoms with van der Waals surface area (Å²) in [6.07, 6.45) is 1.43. The van der Waals surface area contributed by atoms with Gasteiger partial charge in [0.15, 0.2) is 4.34 Å². The zero-order chi connectivity index (χ0) is 15.0. The van der Waals surface area contributed by atoms with Crippen molar-refractivity contribution in [1.29, 1.82) is 0 Å². The largest absolute Gasteiger partial charge is 0.481 e. The molecule has 1 aliphatic rings. The molecule has 0 atom stereocenters. The van der Waals surface area contributed by atoms with Crippen LogP contribution in [0.4, 0.5) is 5.13 Å². The molecule has 21 heavy (non-hydrogen) atoms. The van der Waals surface area contributed by atoms with E-state index in [-0.39, 0.29) is 22.1 Å². The number of carbonyl (C=O) groups is 3. The van der Waals surface area contributed by atoms with E-state index >= 15 is 0 Å². The van der Waals surface area contributed by atoms with Crippen molar-refractivity contribution in [2.45, 2.75) is 4.34 Å². The van der Waals surface area contributed by atoms with Crippen molar-refractivity contribution in [2.24, 2.45) is 0 Å². The number of aromatic nitrogens is 3. The molecule has 0 unspecified atom stereocenters. The lowest BCUT2D eigenvalue weighted by atomic mass is 10.2. The van der Waals surface area contributed by atoms with E-state index in [1.165, 1.54) is 12.3 Å². The van der Waals surface area contributed by atoms with Gasteiger partial charge in [0, 0.05) is 6.20 Å². The summed E-state index contributed by atoms with van der Waals surface area (Å²) in [5, 5.41) is 16.2. The number of rotatable bonds is 4. The summed E-state index contributed by atoms with van der Waals surface area (Å²) in [6, 6.07) is 3.09. The van der Waals surface area contributed by atoms with Crippen molar-refractivity contribution in [3.63, 3.8) is 0 Å². The van der Waals surface area contributed by atoms with E-state index < -0.39 is 17.8 Å². The molecule has 8 nitrogen and oxygen atoms in total.